The molecule has 0 aliphatic heterocycles. The van der Waals surface area contributed by atoms with Gasteiger partial charge in [-0.25, -0.2) is 0 Å². The van der Waals surface area contributed by atoms with Gasteiger partial charge in [0, 0.05) is 4.47 Å². The van der Waals surface area contributed by atoms with Crippen LogP contribution in [-0.2, 0) is 0 Å². The van der Waals surface area contributed by atoms with Crippen molar-refractivity contribution in [2.24, 2.45) is 17.6 Å². The molecule has 1 unspecified atom stereocenters. The van der Waals surface area contributed by atoms with Crippen molar-refractivity contribution in [3.63, 3.8) is 0 Å². The molecule has 2 N–H and O–H groups in total. The van der Waals surface area contributed by atoms with E-state index in [4.69, 9.17) is 10.5 Å². The van der Waals surface area contributed by atoms with Gasteiger partial charge in [-0.3, -0.25) is 0 Å². The lowest BCUT2D eigenvalue weighted by Crippen LogP contribution is -2.23. The number of benzene rings is 1. The molecule has 0 saturated heterocycles. The van der Waals surface area contributed by atoms with Crippen LogP contribution in [-0.4, -0.2) is 13.2 Å². The Kier molecular flexibility index (Phi) is 5.51. The second-order valence-corrected chi connectivity index (χ2v) is 6.05. The summed E-state index contributed by atoms with van der Waals surface area (Å²) >= 11 is 3.42. The van der Waals surface area contributed by atoms with Gasteiger partial charge in [-0.1, -0.05) is 41.6 Å². The van der Waals surface area contributed by atoms with Crippen LogP contribution in [0.25, 0.3) is 0 Å². The largest absolute Gasteiger partial charge is 0.494 e. The molecule has 1 fully saturated rings. The second-order valence-electron chi connectivity index (χ2n) is 5.13. The average Bonchev–Trinajstić information content (AvgIpc) is 2.91. The molecule has 1 aromatic carbocycles. The van der Waals surface area contributed by atoms with Gasteiger partial charge >= 0.3 is 0 Å². The van der Waals surface area contributed by atoms with Crippen molar-refractivity contribution in [3.05, 3.63) is 28.7 Å². The Hall–Kier alpha value is -0.540. The summed E-state index contributed by atoms with van der Waals surface area (Å²) in [6, 6.07) is 8.01. The predicted molar refractivity (Wildman–Crippen MR) is 78.8 cm³/mol. The van der Waals surface area contributed by atoms with E-state index in [0.29, 0.717) is 5.92 Å². The van der Waals surface area contributed by atoms with Gasteiger partial charge < -0.3 is 10.5 Å². The number of hydrogen-bond donors (Lipinski definition) is 1. The van der Waals surface area contributed by atoms with Crippen LogP contribution in [0.5, 0.6) is 5.75 Å². The molecule has 0 aromatic heterocycles. The minimum atomic E-state index is 0.642. The topological polar surface area (TPSA) is 35.2 Å². The van der Waals surface area contributed by atoms with Crippen LogP contribution in [0.2, 0.25) is 0 Å². The van der Waals surface area contributed by atoms with Gasteiger partial charge in [-0.2, -0.15) is 0 Å². The third-order valence-corrected chi connectivity index (χ3v) is 4.47. The fourth-order valence-electron chi connectivity index (χ4n) is 2.83. The van der Waals surface area contributed by atoms with E-state index in [1.165, 1.54) is 25.7 Å². The Morgan fingerprint density at radius 3 is 2.50 bits per heavy atom. The summed E-state index contributed by atoms with van der Waals surface area (Å²) < 4.78 is 6.86. The molecule has 3 heteroatoms. The van der Waals surface area contributed by atoms with Crippen molar-refractivity contribution in [1.82, 2.24) is 0 Å². The number of halogens is 1. The first-order valence-corrected chi connectivity index (χ1v) is 7.67. The molecule has 1 atom stereocenters. The quantitative estimate of drug-likeness (QED) is 0.862. The first kappa shape index (κ1) is 13.9. The summed E-state index contributed by atoms with van der Waals surface area (Å²) in [5.41, 5.74) is 5.89. The average molecular weight is 312 g/mol. The van der Waals surface area contributed by atoms with Gasteiger partial charge in [0.05, 0.1) is 6.61 Å². The van der Waals surface area contributed by atoms with Crippen molar-refractivity contribution in [2.75, 3.05) is 13.2 Å². The van der Waals surface area contributed by atoms with Crippen LogP contribution in [0.3, 0.4) is 0 Å². The Bertz CT molecular complexity index is 346. The zero-order valence-electron chi connectivity index (χ0n) is 10.8. The molecule has 0 bridgehead atoms. The third kappa shape index (κ3) is 3.99. The monoisotopic (exact) mass is 311 g/mol. The fraction of sp³-hybridized carbons (Fsp3) is 0.600. The zero-order valence-corrected chi connectivity index (χ0v) is 12.4. The molecule has 1 aliphatic rings. The minimum Gasteiger partial charge on any atom is -0.494 e. The van der Waals surface area contributed by atoms with E-state index in [9.17, 15) is 0 Å². The molecule has 2 rings (SSSR count). The van der Waals surface area contributed by atoms with Gasteiger partial charge in [-0.05, 0) is 49.1 Å². The van der Waals surface area contributed by atoms with Crippen LogP contribution in [0.1, 0.15) is 32.1 Å². The Morgan fingerprint density at radius 2 is 1.89 bits per heavy atom. The molecular formula is C15H22BrNO. The Balaban J connectivity index is 1.74. The lowest BCUT2D eigenvalue weighted by Gasteiger charge is -2.21. The molecule has 1 aliphatic carbocycles. The zero-order chi connectivity index (χ0) is 12.8. The van der Waals surface area contributed by atoms with E-state index in [0.717, 1.165) is 35.7 Å². The van der Waals surface area contributed by atoms with E-state index in [2.05, 4.69) is 15.9 Å². The maximum atomic E-state index is 5.89. The van der Waals surface area contributed by atoms with Gasteiger partial charge in [0.15, 0.2) is 0 Å². The molecule has 0 radical (unpaired) electrons. The van der Waals surface area contributed by atoms with Crippen molar-refractivity contribution < 1.29 is 4.74 Å². The highest BCUT2D eigenvalue weighted by Gasteiger charge is 2.23. The minimum absolute atomic E-state index is 0.642. The second kappa shape index (κ2) is 7.15. The van der Waals surface area contributed by atoms with Crippen molar-refractivity contribution in [2.45, 2.75) is 32.1 Å². The van der Waals surface area contributed by atoms with Gasteiger partial charge in [0.25, 0.3) is 0 Å². The molecular weight excluding hydrogens is 290 g/mol. The van der Waals surface area contributed by atoms with Crippen molar-refractivity contribution >= 4 is 15.9 Å². The van der Waals surface area contributed by atoms with E-state index in [-0.39, 0.29) is 0 Å². The van der Waals surface area contributed by atoms with Crippen LogP contribution >= 0.6 is 15.9 Å². The highest BCUT2D eigenvalue weighted by atomic mass is 79.9. The molecule has 2 nitrogen and oxygen atoms in total. The van der Waals surface area contributed by atoms with Crippen molar-refractivity contribution in [3.8, 4) is 5.75 Å². The summed E-state index contributed by atoms with van der Waals surface area (Å²) in [5, 5.41) is 0. The summed E-state index contributed by atoms with van der Waals surface area (Å²) in [6.07, 6.45) is 6.57. The smallest absolute Gasteiger partial charge is 0.119 e. The summed E-state index contributed by atoms with van der Waals surface area (Å²) in [6.45, 7) is 1.58. The highest BCUT2D eigenvalue weighted by molar-refractivity contribution is 9.10. The standard InChI is InChI=1S/C15H22BrNO/c16-14-5-7-15(8-6-14)18-10-9-13(11-17)12-3-1-2-4-12/h5-8,12-13H,1-4,9-11,17H2. The summed E-state index contributed by atoms with van der Waals surface area (Å²) in [5.74, 6) is 2.42. The normalized spacial score (nSPS) is 17.9. The van der Waals surface area contributed by atoms with Crippen LogP contribution < -0.4 is 10.5 Å². The number of hydrogen-bond acceptors (Lipinski definition) is 2. The highest BCUT2D eigenvalue weighted by Crippen LogP contribution is 2.32. The van der Waals surface area contributed by atoms with E-state index in [1.54, 1.807) is 0 Å². The first-order chi connectivity index (χ1) is 8.79. The molecule has 1 aromatic rings. The van der Waals surface area contributed by atoms with Crippen LogP contribution in [0, 0.1) is 11.8 Å². The van der Waals surface area contributed by atoms with E-state index < -0.39 is 0 Å². The number of nitrogens with two attached hydrogens (primary N) is 1. The predicted octanol–water partition coefficient (Wildman–Crippen LogP) is 3.98. The van der Waals surface area contributed by atoms with E-state index >= 15 is 0 Å². The van der Waals surface area contributed by atoms with Crippen LogP contribution in [0.4, 0.5) is 0 Å². The van der Waals surface area contributed by atoms with Gasteiger partial charge in [0.1, 0.15) is 5.75 Å². The van der Waals surface area contributed by atoms with Gasteiger partial charge in [-0.15, -0.1) is 0 Å². The SMILES string of the molecule is NCC(CCOc1ccc(Br)cc1)C1CCCC1. The first-order valence-electron chi connectivity index (χ1n) is 6.88. The lowest BCUT2D eigenvalue weighted by atomic mass is 9.88. The Labute approximate surface area is 118 Å². The summed E-state index contributed by atoms with van der Waals surface area (Å²) in [7, 11) is 0. The molecule has 0 spiro atoms. The molecule has 1 saturated carbocycles. The molecule has 100 valence electrons. The van der Waals surface area contributed by atoms with Crippen molar-refractivity contribution in [1.29, 1.82) is 0 Å². The number of ether oxygens (including phenoxy) is 1. The van der Waals surface area contributed by atoms with Gasteiger partial charge in [0.2, 0.25) is 0 Å². The maximum absolute atomic E-state index is 5.89. The molecule has 18 heavy (non-hydrogen) atoms. The van der Waals surface area contributed by atoms with Crippen LogP contribution in [0.15, 0.2) is 28.7 Å². The summed E-state index contributed by atoms with van der Waals surface area (Å²) in [4.78, 5) is 0. The Morgan fingerprint density at radius 1 is 1.22 bits per heavy atom. The third-order valence-electron chi connectivity index (χ3n) is 3.94. The molecule has 0 heterocycles. The fourth-order valence-corrected chi connectivity index (χ4v) is 3.10. The maximum Gasteiger partial charge on any atom is 0.119 e. The lowest BCUT2D eigenvalue weighted by molar-refractivity contribution is 0.239. The van der Waals surface area contributed by atoms with E-state index in [1.807, 2.05) is 24.3 Å². The number of rotatable bonds is 6. The molecule has 0 amide bonds.